The minimum absolute atomic E-state index is 0.0800. The van der Waals surface area contributed by atoms with E-state index in [2.05, 4.69) is 5.32 Å². The summed E-state index contributed by atoms with van der Waals surface area (Å²) in [5, 5.41) is 13.6. The summed E-state index contributed by atoms with van der Waals surface area (Å²) in [6.07, 6.45) is 0. The average Bonchev–Trinajstić information content (AvgIpc) is 2.60. The van der Waals surface area contributed by atoms with E-state index in [1.807, 2.05) is 0 Å². The molecule has 2 rings (SSSR count). The summed E-state index contributed by atoms with van der Waals surface area (Å²) in [4.78, 5) is 33.6. The molecule has 0 heterocycles. The van der Waals surface area contributed by atoms with Crippen LogP contribution >= 0.6 is 11.6 Å². The quantitative estimate of drug-likeness (QED) is 0.450. The monoisotopic (exact) mass is 378 g/mol. The minimum Gasteiger partial charge on any atom is -0.480 e. The van der Waals surface area contributed by atoms with E-state index >= 15 is 0 Å². The fourth-order valence-electron chi connectivity index (χ4n) is 1.97. The zero-order valence-electron chi connectivity index (χ0n) is 13.7. The van der Waals surface area contributed by atoms with Gasteiger partial charge in [-0.25, -0.2) is 4.79 Å². The predicted molar refractivity (Wildman–Crippen MR) is 94.4 cm³/mol. The average molecular weight is 379 g/mol. The van der Waals surface area contributed by atoms with Gasteiger partial charge in [0.15, 0.2) is 13.2 Å². The van der Waals surface area contributed by atoms with Crippen molar-refractivity contribution in [3.63, 3.8) is 0 Å². The van der Waals surface area contributed by atoms with E-state index in [0.717, 1.165) is 0 Å². The SMILES string of the molecule is Cc1cc([N+](=O)[O-])ccc1NC(=O)COC(=O)COc1ccccc1Cl. The first-order chi connectivity index (χ1) is 12.4. The maximum atomic E-state index is 11.8. The summed E-state index contributed by atoms with van der Waals surface area (Å²) in [6, 6.07) is 10.6. The Bertz CT molecular complexity index is 840. The normalized spacial score (nSPS) is 10.1. The number of ether oxygens (including phenoxy) is 2. The molecule has 1 N–H and O–H groups in total. The van der Waals surface area contributed by atoms with Crippen molar-refractivity contribution >= 4 is 34.9 Å². The molecule has 0 spiro atoms. The number of non-ortho nitro benzene ring substituents is 1. The molecule has 1 amide bonds. The number of anilines is 1. The minimum atomic E-state index is -0.736. The van der Waals surface area contributed by atoms with Crippen molar-refractivity contribution in [3.8, 4) is 5.75 Å². The first-order valence-corrected chi connectivity index (χ1v) is 7.82. The molecule has 0 radical (unpaired) electrons. The third-order valence-corrected chi connectivity index (χ3v) is 3.55. The van der Waals surface area contributed by atoms with Crippen LogP contribution in [0.15, 0.2) is 42.5 Å². The molecular formula is C17H15ClN2O6. The summed E-state index contributed by atoms with van der Waals surface area (Å²) < 4.78 is 10.0. The van der Waals surface area contributed by atoms with Gasteiger partial charge >= 0.3 is 5.97 Å². The molecule has 0 aliphatic carbocycles. The van der Waals surface area contributed by atoms with Crippen molar-refractivity contribution in [2.24, 2.45) is 0 Å². The van der Waals surface area contributed by atoms with Crippen LogP contribution in [-0.2, 0) is 14.3 Å². The second kappa shape index (κ2) is 8.82. The van der Waals surface area contributed by atoms with Crippen molar-refractivity contribution in [3.05, 3.63) is 63.2 Å². The molecule has 0 bridgehead atoms. The zero-order chi connectivity index (χ0) is 19.1. The number of nitro benzene ring substituents is 1. The number of rotatable bonds is 7. The van der Waals surface area contributed by atoms with Gasteiger partial charge in [0, 0.05) is 17.8 Å². The number of esters is 1. The number of hydrogen-bond acceptors (Lipinski definition) is 6. The summed E-state index contributed by atoms with van der Waals surface area (Å²) in [6.45, 7) is 0.709. The highest BCUT2D eigenvalue weighted by Crippen LogP contribution is 2.23. The van der Waals surface area contributed by atoms with Crippen molar-refractivity contribution in [1.29, 1.82) is 0 Å². The van der Waals surface area contributed by atoms with Crippen LogP contribution in [-0.4, -0.2) is 30.0 Å². The fraction of sp³-hybridized carbons (Fsp3) is 0.176. The molecule has 26 heavy (non-hydrogen) atoms. The number of benzene rings is 2. The number of aryl methyl sites for hydroxylation is 1. The summed E-state index contributed by atoms with van der Waals surface area (Å²) in [5.74, 6) is -0.981. The highest BCUT2D eigenvalue weighted by atomic mass is 35.5. The Kier molecular flexibility index (Phi) is 6.51. The highest BCUT2D eigenvalue weighted by Gasteiger charge is 2.12. The van der Waals surface area contributed by atoms with E-state index in [4.69, 9.17) is 21.1 Å². The molecule has 2 aromatic carbocycles. The Morgan fingerprint density at radius 2 is 1.92 bits per heavy atom. The maximum absolute atomic E-state index is 11.8. The second-order valence-corrected chi connectivity index (χ2v) is 5.59. The highest BCUT2D eigenvalue weighted by molar-refractivity contribution is 6.32. The van der Waals surface area contributed by atoms with Gasteiger partial charge in [-0.2, -0.15) is 0 Å². The lowest BCUT2D eigenvalue weighted by molar-refractivity contribution is -0.384. The first-order valence-electron chi connectivity index (χ1n) is 7.44. The Balaban J connectivity index is 1.80. The number of carbonyl (C=O) groups is 2. The molecule has 0 aliphatic heterocycles. The number of nitrogens with one attached hydrogen (secondary N) is 1. The van der Waals surface area contributed by atoms with Gasteiger partial charge in [-0.05, 0) is 30.7 Å². The van der Waals surface area contributed by atoms with Crippen molar-refractivity contribution in [2.75, 3.05) is 18.5 Å². The topological polar surface area (TPSA) is 108 Å². The molecule has 0 fully saturated rings. The van der Waals surface area contributed by atoms with Gasteiger partial charge in [0.05, 0.1) is 9.95 Å². The van der Waals surface area contributed by atoms with Crippen LogP contribution in [0, 0.1) is 17.0 Å². The molecule has 0 aliphatic rings. The maximum Gasteiger partial charge on any atom is 0.344 e. The van der Waals surface area contributed by atoms with Crippen molar-refractivity contribution in [2.45, 2.75) is 6.92 Å². The molecule has 136 valence electrons. The summed E-state index contributed by atoms with van der Waals surface area (Å²) in [7, 11) is 0. The molecule has 0 atom stereocenters. The molecular weight excluding hydrogens is 364 g/mol. The van der Waals surface area contributed by atoms with Crippen LogP contribution < -0.4 is 10.1 Å². The number of carbonyl (C=O) groups excluding carboxylic acids is 2. The fourth-order valence-corrected chi connectivity index (χ4v) is 2.16. The molecule has 2 aromatic rings. The number of nitro groups is 1. The van der Waals surface area contributed by atoms with Crippen LogP contribution in [0.2, 0.25) is 5.02 Å². The zero-order valence-corrected chi connectivity index (χ0v) is 14.5. The van der Waals surface area contributed by atoms with Gasteiger partial charge in [-0.15, -0.1) is 0 Å². The summed E-state index contributed by atoms with van der Waals surface area (Å²) >= 11 is 5.89. The van der Waals surface area contributed by atoms with Crippen LogP contribution in [0.1, 0.15) is 5.56 Å². The van der Waals surface area contributed by atoms with E-state index in [0.29, 0.717) is 22.0 Å². The van der Waals surface area contributed by atoms with Crippen molar-refractivity contribution in [1.82, 2.24) is 0 Å². The Hall–Kier alpha value is -3.13. The molecule has 0 saturated heterocycles. The molecule has 9 heteroatoms. The Morgan fingerprint density at radius 3 is 2.58 bits per heavy atom. The van der Waals surface area contributed by atoms with Crippen LogP contribution in [0.25, 0.3) is 0 Å². The van der Waals surface area contributed by atoms with Gasteiger partial charge in [0.1, 0.15) is 5.75 Å². The first kappa shape index (κ1) is 19.2. The smallest absolute Gasteiger partial charge is 0.344 e. The van der Waals surface area contributed by atoms with E-state index in [-0.39, 0.29) is 5.69 Å². The van der Waals surface area contributed by atoms with Gasteiger partial charge in [0.25, 0.3) is 11.6 Å². The Labute approximate surface area is 153 Å². The van der Waals surface area contributed by atoms with Crippen LogP contribution in [0.3, 0.4) is 0 Å². The van der Waals surface area contributed by atoms with Gasteiger partial charge in [0.2, 0.25) is 0 Å². The molecule has 0 aromatic heterocycles. The lowest BCUT2D eigenvalue weighted by Gasteiger charge is -2.10. The second-order valence-electron chi connectivity index (χ2n) is 5.18. The van der Waals surface area contributed by atoms with E-state index < -0.39 is 30.0 Å². The van der Waals surface area contributed by atoms with Crippen LogP contribution in [0.5, 0.6) is 5.75 Å². The van der Waals surface area contributed by atoms with Crippen LogP contribution in [0.4, 0.5) is 11.4 Å². The third-order valence-electron chi connectivity index (χ3n) is 3.24. The number of hydrogen-bond donors (Lipinski definition) is 1. The number of amides is 1. The van der Waals surface area contributed by atoms with Gasteiger partial charge in [-0.3, -0.25) is 14.9 Å². The lowest BCUT2D eigenvalue weighted by Crippen LogP contribution is -2.24. The van der Waals surface area contributed by atoms with Crippen molar-refractivity contribution < 1.29 is 24.0 Å². The van der Waals surface area contributed by atoms with E-state index in [1.54, 1.807) is 31.2 Å². The van der Waals surface area contributed by atoms with Gasteiger partial charge < -0.3 is 14.8 Å². The molecule has 0 unspecified atom stereocenters. The number of nitrogens with zero attached hydrogens (tertiary/aromatic N) is 1. The van der Waals surface area contributed by atoms with E-state index in [1.165, 1.54) is 18.2 Å². The summed E-state index contributed by atoms with van der Waals surface area (Å²) in [5.41, 5.74) is 0.827. The van der Waals surface area contributed by atoms with Gasteiger partial charge in [-0.1, -0.05) is 23.7 Å². The number of para-hydroxylation sites is 1. The molecule has 0 saturated carbocycles. The molecule has 8 nitrogen and oxygen atoms in total. The third kappa shape index (κ3) is 5.45. The number of halogens is 1. The largest absolute Gasteiger partial charge is 0.480 e. The predicted octanol–water partition coefficient (Wildman–Crippen LogP) is 3.12. The van der Waals surface area contributed by atoms with E-state index in [9.17, 15) is 19.7 Å². The standard InChI is InChI=1S/C17H15ClN2O6/c1-11-8-12(20(23)24)6-7-14(11)19-16(21)9-26-17(22)10-25-15-5-3-2-4-13(15)18/h2-8H,9-10H2,1H3,(H,19,21). The Morgan fingerprint density at radius 1 is 1.19 bits per heavy atom. The lowest BCUT2D eigenvalue weighted by atomic mass is 10.2.